The van der Waals surface area contributed by atoms with E-state index in [1.54, 1.807) is 0 Å². The van der Waals surface area contributed by atoms with Crippen LogP contribution >= 0.6 is 0 Å². The minimum Gasteiger partial charge on any atom is -0.409 e. The van der Waals surface area contributed by atoms with Gasteiger partial charge in [-0.25, -0.2) is 0 Å². The Labute approximate surface area is 96.9 Å². The quantitative estimate of drug-likeness (QED) is 0.279. The van der Waals surface area contributed by atoms with Gasteiger partial charge in [0.15, 0.2) is 0 Å². The number of rotatable bonds is 5. The molecule has 0 aromatic carbocycles. The van der Waals surface area contributed by atoms with Crippen LogP contribution in [-0.4, -0.2) is 46.3 Å². The van der Waals surface area contributed by atoms with Crippen molar-refractivity contribution in [2.75, 3.05) is 13.2 Å². The van der Waals surface area contributed by atoms with Gasteiger partial charge in [-0.05, 0) is 25.3 Å². The van der Waals surface area contributed by atoms with Crippen LogP contribution in [0.3, 0.4) is 0 Å². The number of hydrogen-bond donors (Lipinski definition) is 3. The van der Waals surface area contributed by atoms with Gasteiger partial charge in [0.25, 0.3) is 0 Å². The highest BCUT2D eigenvalue weighted by Gasteiger charge is 2.34. The van der Waals surface area contributed by atoms with Crippen LogP contribution in [0, 0.1) is 5.92 Å². The van der Waals surface area contributed by atoms with Crippen LogP contribution in [0.25, 0.3) is 0 Å². The van der Waals surface area contributed by atoms with Crippen LogP contribution in [0.5, 0.6) is 0 Å². The summed E-state index contributed by atoms with van der Waals surface area (Å²) in [6.45, 7) is 5.43. The van der Waals surface area contributed by atoms with E-state index < -0.39 is 0 Å². The molecule has 0 aromatic heterocycles. The average molecular weight is 229 g/mol. The summed E-state index contributed by atoms with van der Waals surface area (Å²) in [5.74, 6) is 0.787. The Hall–Kier alpha value is -0.810. The van der Waals surface area contributed by atoms with Gasteiger partial charge in [-0.1, -0.05) is 19.0 Å². The van der Waals surface area contributed by atoms with E-state index >= 15 is 0 Å². The standard InChI is InChI=1S/C11H23N3O2/c1-3-9(6-11(12)13-16)14-5-4-8(2)10(14)7-15/h8-10,15-16H,3-7H2,1-2H3,(H2,12,13). The van der Waals surface area contributed by atoms with Crippen molar-refractivity contribution >= 4 is 5.84 Å². The van der Waals surface area contributed by atoms with Gasteiger partial charge in [0, 0.05) is 18.5 Å². The summed E-state index contributed by atoms with van der Waals surface area (Å²) >= 11 is 0. The summed E-state index contributed by atoms with van der Waals surface area (Å²) in [5.41, 5.74) is 5.55. The van der Waals surface area contributed by atoms with Gasteiger partial charge in [0.1, 0.15) is 5.84 Å². The molecule has 5 heteroatoms. The summed E-state index contributed by atoms with van der Waals surface area (Å²) in [6.07, 6.45) is 2.62. The Kier molecular flexibility index (Phi) is 5.02. The second-order valence-corrected chi connectivity index (χ2v) is 4.61. The SMILES string of the molecule is CCC(CC(N)=NO)N1CCC(C)C1CO. The summed E-state index contributed by atoms with van der Waals surface area (Å²) in [5, 5.41) is 21.0. The second kappa shape index (κ2) is 6.06. The van der Waals surface area contributed by atoms with Crippen molar-refractivity contribution in [3.8, 4) is 0 Å². The first-order chi connectivity index (χ1) is 7.63. The van der Waals surface area contributed by atoms with Gasteiger partial charge >= 0.3 is 0 Å². The zero-order chi connectivity index (χ0) is 12.1. The first-order valence-electron chi connectivity index (χ1n) is 5.97. The van der Waals surface area contributed by atoms with Crippen molar-refractivity contribution in [2.24, 2.45) is 16.8 Å². The molecule has 4 N–H and O–H groups in total. The van der Waals surface area contributed by atoms with E-state index in [1.165, 1.54) is 0 Å². The van der Waals surface area contributed by atoms with Crippen LogP contribution < -0.4 is 5.73 Å². The third kappa shape index (κ3) is 2.86. The van der Waals surface area contributed by atoms with Crippen LogP contribution in [-0.2, 0) is 0 Å². The largest absolute Gasteiger partial charge is 0.409 e. The average Bonchev–Trinajstić information content (AvgIpc) is 2.66. The molecule has 0 radical (unpaired) electrons. The van der Waals surface area contributed by atoms with Crippen molar-refractivity contribution in [1.82, 2.24) is 4.90 Å². The molecular weight excluding hydrogens is 206 g/mol. The molecule has 0 saturated carbocycles. The first-order valence-corrected chi connectivity index (χ1v) is 5.97. The fourth-order valence-corrected chi connectivity index (χ4v) is 2.55. The maximum atomic E-state index is 9.39. The summed E-state index contributed by atoms with van der Waals surface area (Å²) in [4.78, 5) is 2.29. The molecule has 5 nitrogen and oxygen atoms in total. The summed E-state index contributed by atoms with van der Waals surface area (Å²) in [7, 11) is 0. The maximum Gasteiger partial charge on any atom is 0.140 e. The molecule has 16 heavy (non-hydrogen) atoms. The molecule has 0 aromatic rings. The van der Waals surface area contributed by atoms with Gasteiger partial charge in [-0.15, -0.1) is 0 Å². The lowest BCUT2D eigenvalue weighted by atomic mass is 10.0. The fourth-order valence-electron chi connectivity index (χ4n) is 2.55. The molecule has 1 rings (SSSR count). The molecule has 0 bridgehead atoms. The number of oxime groups is 1. The molecule has 1 aliphatic heterocycles. The molecule has 0 aliphatic carbocycles. The van der Waals surface area contributed by atoms with E-state index in [0.29, 0.717) is 12.3 Å². The monoisotopic (exact) mass is 229 g/mol. The van der Waals surface area contributed by atoms with Crippen LogP contribution in [0.1, 0.15) is 33.1 Å². The molecule has 94 valence electrons. The number of aliphatic hydroxyl groups excluding tert-OH is 1. The number of likely N-dealkylation sites (tertiary alicyclic amines) is 1. The number of nitrogens with two attached hydrogens (primary N) is 1. The van der Waals surface area contributed by atoms with Crippen molar-refractivity contribution in [3.05, 3.63) is 0 Å². The summed E-state index contributed by atoms with van der Waals surface area (Å²) < 4.78 is 0. The molecular formula is C11H23N3O2. The third-order valence-electron chi connectivity index (χ3n) is 3.63. The van der Waals surface area contributed by atoms with Crippen molar-refractivity contribution in [3.63, 3.8) is 0 Å². The van der Waals surface area contributed by atoms with E-state index in [9.17, 15) is 5.11 Å². The minimum absolute atomic E-state index is 0.188. The molecule has 3 unspecified atom stereocenters. The normalized spacial score (nSPS) is 29.6. The number of amidine groups is 1. The number of hydrogen-bond acceptors (Lipinski definition) is 4. The molecule has 3 atom stereocenters. The van der Waals surface area contributed by atoms with Crippen LogP contribution in [0.4, 0.5) is 0 Å². The Morgan fingerprint density at radius 2 is 2.31 bits per heavy atom. The Bertz CT molecular complexity index is 245. The van der Waals surface area contributed by atoms with Crippen molar-refractivity contribution in [2.45, 2.75) is 45.2 Å². The fraction of sp³-hybridized carbons (Fsp3) is 0.909. The van der Waals surface area contributed by atoms with Gasteiger partial charge < -0.3 is 16.0 Å². The zero-order valence-electron chi connectivity index (χ0n) is 10.1. The number of nitrogens with zero attached hydrogens (tertiary/aromatic N) is 2. The molecule has 0 amide bonds. The van der Waals surface area contributed by atoms with E-state index in [-0.39, 0.29) is 24.5 Å². The summed E-state index contributed by atoms with van der Waals surface area (Å²) in [6, 6.07) is 0.481. The van der Waals surface area contributed by atoms with Crippen LogP contribution in [0.2, 0.25) is 0 Å². The van der Waals surface area contributed by atoms with Gasteiger partial charge in [-0.3, -0.25) is 4.90 Å². The molecule has 1 fully saturated rings. The predicted octanol–water partition coefficient (Wildman–Crippen LogP) is 0.604. The smallest absolute Gasteiger partial charge is 0.140 e. The van der Waals surface area contributed by atoms with Gasteiger partial charge in [-0.2, -0.15) is 0 Å². The maximum absolute atomic E-state index is 9.39. The zero-order valence-corrected chi connectivity index (χ0v) is 10.1. The Morgan fingerprint density at radius 3 is 2.81 bits per heavy atom. The Morgan fingerprint density at radius 1 is 1.62 bits per heavy atom. The van der Waals surface area contributed by atoms with E-state index in [0.717, 1.165) is 19.4 Å². The molecule has 1 saturated heterocycles. The highest BCUT2D eigenvalue weighted by molar-refractivity contribution is 5.80. The van der Waals surface area contributed by atoms with Gasteiger partial charge in [0.2, 0.25) is 0 Å². The molecule has 1 aliphatic rings. The topological polar surface area (TPSA) is 82.1 Å². The van der Waals surface area contributed by atoms with Crippen molar-refractivity contribution in [1.29, 1.82) is 0 Å². The predicted molar refractivity (Wildman–Crippen MR) is 63.5 cm³/mol. The minimum atomic E-state index is 0.188. The van der Waals surface area contributed by atoms with Crippen molar-refractivity contribution < 1.29 is 10.3 Å². The van der Waals surface area contributed by atoms with E-state index in [2.05, 4.69) is 23.9 Å². The highest BCUT2D eigenvalue weighted by Crippen LogP contribution is 2.27. The Balaban J connectivity index is 2.65. The molecule has 1 heterocycles. The van der Waals surface area contributed by atoms with Gasteiger partial charge in [0.05, 0.1) is 6.61 Å². The van der Waals surface area contributed by atoms with Crippen LogP contribution in [0.15, 0.2) is 5.16 Å². The molecule has 0 spiro atoms. The lowest BCUT2D eigenvalue weighted by Crippen LogP contribution is -2.44. The number of aliphatic hydroxyl groups is 1. The highest BCUT2D eigenvalue weighted by atomic mass is 16.4. The first kappa shape index (κ1) is 13.3. The lowest BCUT2D eigenvalue weighted by molar-refractivity contribution is 0.102. The third-order valence-corrected chi connectivity index (χ3v) is 3.63. The second-order valence-electron chi connectivity index (χ2n) is 4.61. The van der Waals surface area contributed by atoms with E-state index in [1.807, 2.05) is 0 Å². The lowest BCUT2D eigenvalue weighted by Gasteiger charge is -2.32. The van der Waals surface area contributed by atoms with E-state index in [4.69, 9.17) is 10.9 Å².